The van der Waals surface area contributed by atoms with Crippen molar-refractivity contribution in [2.75, 3.05) is 27.7 Å². The molecule has 2 aliphatic rings. The maximum atomic E-state index is 12.6. The van der Waals surface area contributed by atoms with Crippen molar-refractivity contribution in [2.24, 2.45) is 0 Å². The number of likely N-dealkylation sites (N-methyl/N-ethyl adjacent to an activating group) is 1. The highest BCUT2D eigenvalue weighted by Crippen LogP contribution is 2.38. The zero-order valence-electron chi connectivity index (χ0n) is 13.5. The monoisotopic (exact) mass is 335 g/mol. The summed E-state index contributed by atoms with van der Waals surface area (Å²) in [6.45, 7) is 0.476. The second-order valence-corrected chi connectivity index (χ2v) is 5.90. The van der Waals surface area contributed by atoms with E-state index in [1.807, 2.05) is 19.0 Å². The Hall–Kier alpha value is -2.68. The van der Waals surface area contributed by atoms with E-state index in [4.69, 9.17) is 14.2 Å². The summed E-state index contributed by atoms with van der Waals surface area (Å²) in [6, 6.07) is 1.51. The average molecular weight is 335 g/mol. The van der Waals surface area contributed by atoms with Crippen LogP contribution in [-0.4, -0.2) is 72.3 Å². The summed E-state index contributed by atoms with van der Waals surface area (Å²) < 4.78 is 16.4. The Kier molecular flexibility index (Phi) is 3.88. The molecule has 1 saturated heterocycles. The van der Waals surface area contributed by atoms with E-state index in [-0.39, 0.29) is 17.7 Å². The molecule has 0 aliphatic carbocycles. The lowest BCUT2D eigenvalue weighted by Gasteiger charge is -2.42. The molecule has 1 aromatic rings. The van der Waals surface area contributed by atoms with Crippen LogP contribution in [0, 0.1) is 0 Å². The number of hydrogen-bond acceptors (Lipinski definition) is 8. The zero-order valence-corrected chi connectivity index (χ0v) is 13.5. The molecular weight excluding hydrogens is 318 g/mol. The fourth-order valence-electron chi connectivity index (χ4n) is 2.65. The van der Waals surface area contributed by atoms with Gasteiger partial charge in [-0.3, -0.25) is 14.7 Å². The molecule has 9 heteroatoms. The first-order valence-electron chi connectivity index (χ1n) is 7.33. The highest BCUT2D eigenvalue weighted by molar-refractivity contribution is 6.30. The van der Waals surface area contributed by atoms with Crippen LogP contribution in [0.5, 0.6) is 5.75 Å². The molecule has 2 unspecified atom stereocenters. The van der Waals surface area contributed by atoms with E-state index in [9.17, 15) is 14.4 Å². The Bertz CT molecular complexity index is 706. The molecule has 2 aliphatic heterocycles. The Morgan fingerprint density at radius 1 is 1.25 bits per heavy atom. The summed E-state index contributed by atoms with van der Waals surface area (Å²) in [5, 5.41) is 0. The third-order valence-corrected chi connectivity index (χ3v) is 3.90. The molecule has 0 N–H and O–H groups in total. The third-order valence-electron chi connectivity index (χ3n) is 3.90. The number of hydrogen-bond donors (Lipinski definition) is 0. The van der Waals surface area contributed by atoms with Crippen LogP contribution in [0.3, 0.4) is 0 Å². The second-order valence-electron chi connectivity index (χ2n) is 5.90. The van der Waals surface area contributed by atoms with Crippen LogP contribution in [0.25, 0.3) is 0 Å². The van der Waals surface area contributed by atoms with Gasteiger partial charge in [-0.25, -0.2) is 9.59 Å². The smallest absolute Gasteiger partial charge is 0.421 e. The van der Waals surface area contributed by atoms with Crippen molar-refractivity contribution in [1.82, 2.24) is 14.8 Å². The van der Waals surface area contributed by atoms with Gasteiger partial charge in [-0.05, 0) is 20.2 Å². The lowest BCUT2D eigenvalue weighted by atomic mass is 10.1. The van der Waals surface area contributed by atoms with Crippen LogP contribution in [-0.2, 0) is 19.1 Å². The summed E-state index contributed by atoms with van der Waals surface area (Å²) in [5.41, 5.74) is 0.200. The van der Waals surface area contributed by atoms with Crippen LogP contribution < -0.4 is 4.74 Å². The Labute approximate surface area is 138 Å². The van der Waals surface area contributed by atoms with Crippen molar-refractivity contribution in [3.8, 4) is 5.75 Å². The van der Waals surface area contributed by atoms with Gasteiger partial charge in [0.2, 0.25) is 0 Å². The van der Waals surface area contributed by atoms with Gasteiger partial charge in [0.05, 0.1) is 0 Å². The van der Waals surface area contributed by atoms with Gasteiger partial charge in [-0.15, -0.1) is 0 Å². The van der Waals surface area contributed by atoms with E-state index in [0.29, 0.717) is 6.54 Å². The number of ether oxygens (including phenoxy) is 3. The van der Waals surface area contributed by atoms with Crippen LogP contribution >= 0.6 is 0 Å². The number of amides is 1. The molecule has 0 saturated carbocycles. The Morgan fingerprint density at radius 3 is 2.71 bits per heavy atom. The first-order chi connectivity index (χ1) is 11.3. The summed E-state index contributed by atoms with van der Waals surface area (Å²) in [6.07, 6.45) is 1.82. The molecular formula is C15H17N3O6. The SMILES string of the molecule is CN(C)CCC12OC(=O)C(=O)OC1N(C)C(=O)c1cnccc1O2. The van der Waals surface area contributed by atoms with Gasteiger partial charge in [0.15, 0.2) is 0 Å². The summed E-state index contributed by atoms with van der Waals surface area (Å²) in [5.74, 6) is -4.16. The quantitative estimate of drug-likeness (QED) is 0.545. The number of carbonyl (C=O) groups is 3. The van der Waals surface area contributed by atoms with Crippen LogP contribution in [0.1, 0.15) is 16.8 Å². The third kappa shape index (κ3) is 2.56. The van der Waals surface area contributed by atoms with E-state index >= 15 is 0 Å². The van der Waals surface area contributed by atoms with Gasteiger partial charge in [0.25, 0.3) is 12.1 Å². The van der Waals surface area contributed by atoms with E-state index < -0.39 is 29.9 Å². The summed E-state index contributed by atoms with van der Waals surface area (Å²) >= 11 is 0. The molecule has 24 heavy (non-hydrogen) atoms. The average Bonchev–Trinajstić information content (AvgIpc) is 2.63. The largest absolute Gasteiger partial charge is 0.446 e. The minimum absolute atomic E-state index is 0.197. The fourth-order valence-corrected chi connectivity index (χ4v) is 2.65. The lowest BCUT2D eigenvalue weighted by Crippen LogP contribution is -2.64. The van der Waals surface area contributed by atoms with Crippen molar-refractivity contribution in [3.05, 3.63) is 24.0 Å². The standard InChI is InChI=1S/C15H17N3O6/c1-17(2)7-5-15-14(22-12(20)13(21)24-15)18(3)11(19)9-8-16-6-4-10(9)23-15/h4,6,8,14H,5,7H2,1-3H3. The Balaban J connectivity index is 2.09. The van der Waals surface area contributed by atoms with Crippen LogP contribution in [0.15, 0.2) is 18.5 Å². The van der Waals surface area contributed by atoms with Crippen molar-refractivity contribution in [1.29, 1.82) is 0 Å². The Morgan fingerprint density at radius 2 is 2.00 bits per heavy atom. The molecule has 0 radical (unpaired) electrons. The van der Waals surface area contributed by atoms with E-state index in [1.54, 1.807) is 0 Å². The van der Waals surface area contributed by atoms with Crippen molar-refractivity contribution in [3.63, 3.8) is 0 Å². The summed E-state index contributed by atoms with van der Waals surface area (Å²) in [4.78, 5) is 43.0. The number of fused-ring (bicyclic) bond motifs is 2. The molecule has 1 amide bonds. The minimum atomic E-state index is -1.62. The number of rotatable bonds is 3. The van der Waals surface area contributed by atoms with Crippen molar-refractivity contribution in [2.45, 2.75) is 18.4 Å². The van der Waals surface area contributed by atoms with Crippen molar-refractivity contribution >= 4 is 17.8 Å². The zero-order chi connectivity index (χ0) is 17.5. The first-order valence-corrected chi connectivity index (χ1v) is 7.33. The van der Waals surface area contributed by atoms with Crippen molar-refractivity contribution < 1.29 is 28.6 Å². The normalized spacial score (nSPS) is 26.1. The van der Waals surface area contributed by atoms with Crippen LogP contribution in [0.2, 0.25) is 0 Å². The molecule has 128 valence electrons. The molecule has 0 bridgehead atoms. The van der Waals surface area contributed by atoms with E-state index in [0.717, 1.165) is 0 Å². The second kappa shape index (κ2) is 5.75. The molecule has 0 aromatic carbocycles. The van der Waals surface area contributed by atoms with Gasteiger partial charge in [-0.2, -0.15) is 0 Å². The van der Waals surface area contributed by atoms with Gasteiger partial charge >= 0.3 is 17.7 Å². The predicted octanol–water partition coefficient (Wildman–Crippen LogP) is -0.380. The van der Waals surface area contributed by atoms with E-state index in [2.05, 4.69) is 4.98 Å². The summed E-state index contributed by atoms with van der Waals surface area (Å²) in [7, 11) is 5.13. The van der Waals surface area contributed by atoms with Crippen LogP contribution in [0.4, 0.5) is 0 Å². The lowest BCUT2D eigenvalue weighted by molar-refractivity contribution is -0.283. The number of esters is 2. The highest BCUT2D eigenvalue weighted by Gasteiger charge is 2.58. The first kappa shape index (κ1) is 16.2. The molecule has 0 spiro atoms. The molecule has 3 heterocycles. The number of aromatic nitrogens is 1. The number of carbonyl (C=O) groups excluding carboxylic acids is 3. The molecule has 1 fully saturated rings. The maximum Gasteiger partial charge on any atom is 0.421 e. The molecule has 9 nitrogen and oxygen atoms in total. The van der Waals surface area contributed by atoms with Gasteiger partial charge in [0, 0.05) is 32.4 Å². The van der Waals surface area contributed by atoms with Gasteiger partial charge < -0.3 is 19.1 Å². The number of nitrogens with zero attached hydrogens (tertiary/aromatic N) is 3. The molecule has 1 aromatic heterocycles. The number of pyridine rings is 1. The minimum Gasteiger partial charge on any atom is -0.446 e. The molecule has 2 atom stereocenters. The maximum absolute atomic E-state index is 12.6. The van der Waals surface area contributed by atoms with E-state index in [1.165, 1.54) is 30.4 Å². The topological polar surface area (TPSA) is 98.3 Å². The highest BCUT2D eigenvalue weighted by atomic mass is 16.8. The fraction of sp³-hybridized carbons (Fsp3) is 0.467. The van der Waals surface area contributed by atoms with Gasteiger partial charge in [-0.1, -0.05) is 0 Å². The van der Waals surface area contributed by atoms with Gasteiger partial charge in [0.1, 0.15) is 11.3 Å². The predicted molar refractivity (Wildman–Crippen MR) is 78.8 cm³/mol. The molecule has 3 rings (SSSR count).